The molecule has 8 heteroatoms. The maximum absolute atomic E-state index is 12.4. The molecule has 0 aromatic heterocycles. The Hall–Kier alpha value is -0.400. The molecule has 0 aliphatic carbocycles. The normalized spacial score (nSPS) is 12.4. The van der Waals surface area contributed by atoms with Crippen molar-refractivity contribution >= 4 is 50.4 Å². The first-order chi connectivity index (χ1) is 9.18. The quantitative estimate of drug-likeness (QED) is 0.769. The second-order valence-corrected chi connectivity index (χ2v) is 7.27. The number of sulfonamides is 1. The van der Waals surface area contributed by atoms with Gasteiger partial charge in [0.1, 0.15) is 0 Å². The third-order valence-corrected chi connectivity index (χ3v) is 5.87. The van der Waals surface area contributed by atoms with Crippen molar-refractivity contribution in [1.29, 1.82) is 0 Å². The zero-order chi connectivity index (χ0) is 15.6. The predicted molar refractivity (Wildman–Crippen MR) is 86.9 cm³/mol. The van der Waals surface area contributed by atoms with Crippen LogP contribution in [0.5, 0.6) is 0 Å². The molecule has 0 unspecified atom stereocenters. The fourth-order valence-electron chi connectivity index (χ4n) is 1.75. The van der Waals surface area contributed by atoms with Crippen LogP contribution in [0, 0.1) is 0 Å². The van der Waals surface area contributed by atoms with Crippen LogP contribution in [0.15, 0.2) is 23.1 Å². The van der Waals surface area contributed by atoms with E-state index in [1.54, 1.807) is 0 Å². The third-order valence-electron chi connectivity index (χ3n) is 3.21. The number of rotatable bonds is 6. The molecular weight excluding hydrogens is 339 g/mol. The molecule has 0 bridgehead atoms. The van der Waals surface area contributed by atoms with E-state index in [1.165, 1.54) is 18.2 Å². The lowest BCUT2D eigenvalue weighted by Gasteiger charge is -2.31. The number of halogens is 2. The van der Waals surface area contributed by atoms with E-state index in [9.17, 15) is 8.42 Å². The maximum atomic E-state index is 12.4. The Labute approximate surface area is 134 Å². The summed E-state index contributed by atoms with van der Waals surface area (Å²) in [4.78, 5) is 0.139. The third kappa shape index (κ3) is 3.62. The summed E-state index contributed by atoms with van der Waals surface area (Å²) in [7, 11) is -3.79. The Balaban J connectivity index is 3.23. The molecule has 0 saturated heterocycles. The van der Waals surface area contributed by atoms with E-state index in [1.807, 2.05) is 13.8 Å². The first-order valence-corrected chi connectivity index (χ1v) is 8.62. The minimum Gasteiger partial charge on any atom is -0.392 e. The Morgan fingerprint density at radius 1 is 1.30 bits per heavy atom. The van der Waals surface area contributed by atoms with E-state index in [2.05, 4.69) is 4.72 Å². The molecule has 0 saturated carbocycles. The average molecular weight is 355 g/mol. The second kappa shape index (κ2) is 6.58. The summed E-state index contributed by atoms with van der Waals surface area (Å²) < 4.78 is 27.4. The molecule has 4 nitrogen and oxygen atoms in total. The van der Waals surface area contributed by atoms with Crippen molar-refractivity contribution < 1.29 is 8.42 Å². The van der Waals surface area contributed by atoms with Gasteiger partial charge in [-0.2, -0.15) is 4.72 Å². The summed E-state index contributed by atoms with van der Waals surface area (Å²) in [6.45, 7) is 3.64. The van der Waals surface area contributed by atoms with Crippen molar-refractivity contribution in [3.05, 3.63) is 28.2 Å². The molecule has 0 aliphatic rings. The minimum absolute atomic E-state index is 0.0226. The van der Waals surface area contributed by atoms with Gasteiger partial charge < -0.3 is 5.73 Å². The van der Waals surface area contributed by atoms with Gasteiger partial charge >= 0.3 is 0 Å². The van der Waals surface area contributed by atoms with Crippen LogP contribution in [0.2, 0.25) is 10.0 Å². The van der Waals surface area contributed by atoms with E-state index in [0.29, 0.717) is 12.8 Å². The standard InChI is InChI=1S/C12H16Cl2N2O2S2/c1-3-12(4-2,11(15)19)16-20(17,18)8-5-6-9(13)10(14)7-8/h5-7,16H,3-4H2,1-2H3,(H2,15,19). The van der Waals surface area contributed by atoms with Crippen molar-refractivity contribution in [2.45, 2.75) is 37.1 Å². The zero-order valence-electron chi connectivity index (χ0n) is 11.1. The van der Waals surface area contributed by atoms with Crippen LogP contribution < -0.4 is 10.5 Å². The Bertz CT molecular complexity index is 614. The largest absolute Gasteiger partial charge is 0.392 e. The molecule has 1 rings (SSSR count). The van der Waals surface area contributed by atoms with Crippen LogP contribution in [0.4, 0.5) is 0 Å². The van der Waals surface area contributed by atoms with Gasteiger partial charge in [-0.05, 0) is 31.0 Å². The summed E-state index contributed by atoms with van der Waals surface area (Å²) in [6.07, 6.45) is 0.915. The van der Waals surface area contributed by atoms with Gasteiger partial charge in [0.25, 0.3) is 0 Å². The van der Waals surface area contributed by atoms with Crippen LogP contribution in [0.1, 0.15) is 26.7 Å². The number of thiocarbonyl (C=S) groups is 1. The summed E-state index contributed by atoms with van der Waals surface area (Å²) in [5, 5.41) is 0.459. The summed E-state index contributed by atoms with van der Waals surface area (Å²) >= 11 is 16.6. The average Bonchev–Trinajstić information content (AvgIpc) is 2.38. The lowest BCUT2D eigenvalue weighted by molar-refractivity contribution is 0.466. The molecule has 1 aromatic rings. The highest BCUT2D eigenvalue weighted by molar-refractivity contribution is 7.89. The topological polar surface area (TPSA) is 72.2 Å². The molecule has 0 amide bonds. The number of hydrogen-bond donors (Lipinski definition) is 2. The second-order valence-electron chi connectivity index (χ2n) is 4.33. The number of nitrogens with one attached hydrogen (secondary N) is 1. The molecule has 0 aliphatic heterocycles. The van der Waals surface area contributed by atoms with Crippen molar-refractivity contribution in [2.24, 2.45) is 5.73 Å². The fraction of sp³-hybridized carbons (Fsp3) is 0.417. The summed E-state index contributed by atoms with van der Waals surface area (Å²) in [5.41, 5.74) is 4.75. The lowest BCUT2D eigenvalue weighted by atomic mass is 9.94. The van der Waals surface area contributed by atoms with E-state index in [0.717, 1.165) is 0 Å². The molecule has 1 aromatic carbocycles. The molecule has 20 heavy (non-hydrogen) atoms. The van der Waals surface area contributed by atoms with Gasteiger partial charge in [-0.1, -0.05) is 49.3 Å². The van der Waals surface area contributed by atoms with E-state index in [-0.39, 0.29) is 19.9 Å². The van der Waals surface area contributed by atoms with Gasteiger partial charge in [-0.25, -0.2) is 8.42 Å². The van der Waals surface area contributed by atoms with Gasteiger partial charge in [-0.15, -0.1) is 0 Å². The van der Waals surface area contributed by atoms with Crippen LogP contribution in [-0.4, -0.2) is 18.9 Å². The van der Waals surface area contributed by atoms with Crippen molar-refractivity contribution in [3.63, 3.8) is 0 Å². The molecular formula is C12H16Cl2N2O2S2. The molecule has 0 atom stereocenters. The molecule has 3 N–H and O–H groups in total. The Kier molecular flexibility index (Phi) is 5.80. The molecule has 0 fully saturated rings. The highest BCUT2D eigenvalue weighted by Crippen LogP contribution is 2.26. The van der Waals surface area contributed by atoms with Gasteiger partial charge in [0.15, 0.2) is 0 Å². The smallest absolute Gasteiger partial charge is 0.241 e. The fourth-order valence-corrected chi connectivity index (χ4v) is 4.07. The number of nitrogens with two attached hydrogens (primary N) is 1. The van der Waals surface area contributed by atoms with Crippen LogP contribution >= 0.6 is 35.4 Å². The molecule has 0 radical (unpaired) electrons. The number of benzene rings is 1. The monoisotopic (exact) mass is 354 g/mol. The number of hydrogen-bond acceptors (Lipinski definition) is 3. The Morgan fingerprint density at radius 3 is 2.25 bits per heavy atom. The SMILES string of the molecule is CCC(CC)(NS(=O)(=O)c1ccc(Cl)c(Cl)c1)C(N)=S. The highest BCUT2D eigenvalue weighted by atomic mass is 35.5. The predicted octanol–water partition coefficient (Wildman–Crippen LogP) is 3.12. The van der Waals surface area contributed by atoms with E-state index >= 15 is 0 Å². The van der Waals surface area contributed by atoms with Crippen LogP contribution in [0.3, 0.4) is 0 Å². The maximum Gasteiger partial charge on any atom is 0.241 e. The highest BCUT2D eigenvalue weighted by Gasteiger charge is 2.35. The van der Waals surface area contributed by atoms with E-state index < -0.39 is 15.6 Å². The molecule has 112 valence electrons. The first kappa shape index (κ1) is 17.7. The van der Waals surface area contributed by atoms with Gasteiger partial charge in [0, 0.05) is 0 Å². The molecule has 0 spiro atoms. The van der Waals surface area contributed by atoms with Crippen LogP contribution in [0.25, 0.3) is 0 Å². The summed E-state index contributed by atoms with van der Waals surface area (Å²) in [6, 6.07) is 4.10. The van der Waals surface area contributed by atoms with Gasteiger partial charge in [-0.3, -0.25) is 0 Å². The van der Waals surface area contributed by atoms with Crippen molar-refractivity contribution in [2.75, 3.05) is 0 Å². The summed E-state index contributed by atoms with van der Waals surface area (Å²) in [5.74, 6) is 0. The molecule has 0 heterocycles. The van der Waals surface area contributed by atoms with Crippen LogP contribution in [-0.2, 0) is 10.0 Å². The minimum atomic E-state index is -3.79. The van der Waals surface area contributed by atoms with Gasteiger partial charge in [0.05, 0.1) is 25.5 Å². The van der Waals surface area contributed by atoms with Crippen molar-refractivity contribution in [3.8, 4) is 0 Å². The van der Waals surface area contributed by atoms with Crippen molar-refractivity contribution in [1.82, 2.24) is 4.72 Å². The van der Waals surface area contributed by atoms with Gasteiger partial charge in [0.2, 0.25) is 10.0 Å². The lowest BCUT2D eigenvalue weighted by Crippen LogP contribution is -2.55. The Morgan fingerprint density at radius 2 is 1.85 bits per heavy atom. The van der Waals surface area contributed by atoms with E-state index in [4.69, 9.17) is 41.2 Å². The first-order valence-electron chi connectivity index (χ1n) is 5.97. The zero-order valence-corrected chi connectivity index (χ0v) is 14.3.